The largest absolute Gasteiger partial charge is 0.497 e. The van der Waals surface area contributed by atoms with E-state index in [0.717, 1.165) is 23.8 Å². The summed E-state index contributed by atoms with van der Waals surface area (Å²) in [7, 11) is 3.63. The average molecular weight is 258 g/mol. The molecule has 1 heterocycles. The second-order valence-electron chi connectivity index (χ2n) is 4.03. The van der Waals surface area contributed by atoms with Crippen LogP contribution < -0.4 is 15.0 Å². The van der Waals surface area contributed by atoms with Crippen LogP contribution in [0.1, 0.15) is 6.92 Å². The predicted octanol–water partition coefficient (Wildman–Crippen LogP) is 2.68. The van der Waals surface area contributed by atoms with Gasteiger partial charge in [-0.1, -0.05) is 0 Å². The van der Waals surface area contributed by atoms with Gasteiger partial charge in [0.25, 0.3) is 0 Å². The van der Waals surface area contributed by atoms with Crippen LogP contribution in [0.5, 0.6) is 5.75 Å². The lowest BCUT2D eigenvalue weighted by Gasteiger charge is -2.19. The third-order valence-corrected chi connectivity index (χ3v) is 2.78. The van der Waals surface area contributed by atoms with Crippen molar-refractivity contribution in [3.8, 4) is 5.75 Å². The lowest BCUT2D eigenvalue weighted by atomic mass is 10.3. The van der Waals surface area contributed by atoms with Gasteiger partial charge in [0.15, 0.2) is 0 Å². The molecule has 0 amide bonds. The Hall–Kier alpha value is -2.30. The molecular weight excluding hydrogens is 240 g/mol. The first-order chi connectivity index (χ1) is 9.24. The molecule has 0 aliphatic carbocycles. The van der Waals surface area contributed by atoms with Gasteiger partial charge >= 0.3 is 0 Å². The summed E-state index contributed by atoms with van der Waals surface area (Å²) in [5, 5.41) is 3.10. The number of ether oxygens (including phenoxy) is 1. The maximum absolute atomic E-state index is 5.15. The maximum atomic E-state index is 5.15. The zero-order valence-corrected chi connectivity index (χ0v) is 11.4. The molecule has 2 aromatic rings. The Morgan fingerprint density at radius 1 is 1.21 bits per heavy atom. The molecule has 0 aliphatic heterocycles. The Kier molecular flexibility index (Phi) is 4.18. The number of hydrogen-bond acceptors (Lipinski definition) is 5. The zero-order valence-electron chi connectivity index (χ0n) is 11.4. The van der Waals surface area contributed by atoms with E-state index in [2.05, 4.69) is 15.3 Å². The first kappa shape index (κ1) is 13.1. The van der Waals surface area contributed by atoms with Gasteiger partial charge in [-0.3, -0.25) is 0 Å². The monoisotopic (exact) mass is 258 g/mol. The molecule has 1 aromatic carbocycles. The molecule has 0 atom stereocenters. The van der Waals surface area contributed by atoms with Gasteiger partial charge < -0.3 is 15.0 Å². The van der Waals surface area contributed by atoms with Gasteiger partial charge in [-0.2, -0.15) is 4.98 Å². The highest BCUT2D eigenvalue weighted by atomic mass is 16.5. The lowest BCUT2D eigenvalue weighted by Crippen LogP contribution is -2.13. The minimum absolute atomic E-state index is 0.639. The van der Waals surface area contributed by atoms with Crippen molar-refractivity contribution in [1.82, 2.24) is 9.97 Å². The third kappa shape index (κ3) is 3.13. The Morgan fingerprint density at radius 3 is 2.58 bits per heavy atom. The highest BCUT2D eigenvalue weighted by Gasteiger charge is 2.06. The second-order valence-corrected chi connectivity index (χ2v) is 4.03. The van der Waals surface area contributed by atoms with Crippen LogP contribution in [0.2, 0.25) is 0 Å². The van der Waals surface area contributed by atoms with Gasteiger partial charge in [0.1, 0.15) is 11.6 Å². The lowest BCUT2D eigenvalue weighted by molar-refractivity contribution is 0.415. The second kappa shape index (κ2) is 6.04. The number of rotatable bonds is 5. The van der Waals surface area contributed by atoms with Crippen molar-refractivity contribution in [3.05, 3.63) is 36.5 Å². The summed E-state index contributed by atoms with van der Waals surface area (Å²) in [4.78, 5) is 10.6. The van der Waals surface area contributed by atoms with Crippen LogP contribution in [0.15, 0.2) is 36.5 Å². The van der Waals surface area contributed by atoms with Crippen LogP contribution in [-0.4, -0.2) is 30.7 Å². The molecule has 0 saturated carbocycles. The van der Waals surface area contributed by atoms with Crippen LogP contribution in [0, 0.1) is 0 Å². The number of hydrogen-bond donors (Lipinski definition) is 1. The Morgan fingerprint density at radius 2 is 1.95 bits per heavy atom. The number of methoxy groups -OCH3 is 1. The van der Waals surface area contributed by atoms with Crippen molar-refractivity contribution in [2.45, 2.75) is 6.92 Å². The first-order valence-corrected chi connectivity index (χ1v) is 6.19. The third-order valence-electron chi connectivity index (χ3n) is 2.78. The average Bonchev–Trinajstić information content (AvgIpc) is 2.47. The highest BCUT2D eigenvalue weighted by Crippen LogP contribution is 2.24. The summed E-state index contributed by atoms with van der Waals surface area (Å²) in [6.45, 7) is 2.82. The standard InChI is InChI=1S/C14H18N4O/c1-4-15-14-16-10-9-13(17-14)18(2)11-5-7-12(19-3)8-6-11/h5-10H,4H2,1-3H3,(H,15,16,17). The van der Waals surface area contributed by atoms with E-state index in [9.17, 15) is 0 Å². The summed E-state index contributed by atoms with van der Waals surface area (Å²) in [5.74, 6) is 2.32. The van der Waals surface area contributed by atoms with Crippen molar-refractivity contribution in [2.75, 3.05) is 30.9 Å². The van der Waals surface area contributed by atoms with Gasteiger partial charge in [-0.25, -0.2) is 4.98 Å². The quantitative estimate of drug-likeness (QED) is 0.893. The molecule has 0 unspecified atom stereocenters. The van der Waals surface area contributed by atoms with Crippen LogP contribution in [0.25, 0.3) is 0 Å². The topological polar surface area (TPSA) is 50.3 Å². The molecule has 0 radical (unpaired) electrons. The number of anilines is 3. The number of aromatic nitrogens is 2. The van der Waals surface area contributed by atoms with Crippen molar-refractivity contribution in [2.24, 2.45) is 0 Å². The molecule has 1 N–H and O–H groups in total. The van der Waals surface area contributed by atoms with Crippen LogP contribution in [0.4, 0.5) is 17.5 Å². The van der Waals surface area contributed by atoms with E-state index in [1.54, 1.807) is 13.3 Å². The van der Waals surface area contributed by atoms with Gasteiger partial charge in [0.2, 0.25) is 5.95 Å². The molecule has 0 aliphatic rings. The molecule has 0 saturated heterocycles. The number of nitrogens with zero attached hydrogens (tertiary/aromatic N) is 3. The molecule has 0 spiro atoms. The molecule has 100 valence electrons. The maximum Gasteiger partial charge on any atom is 0.224 e. The molecular formula is C14H18N4O. The number of benzene rings is 1. The fourth-order valence-corrected chi connectivity index (χ4v) is 1.72. The van der Waals surface area contributed by atoms with Crippen molar-refractivity contribution in [1.29, 1.82) is 0 Å². The Balaban J connectivity index is 2.22. The van der Waals surface area contributed by atoms with Crippen LogP contribution in [0.3, 0.4) is 0 Å². The van der Waals surface area contributed by atoms with Crippen LogP contribution >= 0.6 is 0 Å². The first-order valence-electron chi connectivity index (χ1n) is 6.19. The summed E-state index contributed by atoms with van der Waals surface area (Å²) in [6.07, 6.45) is 1.75. The van der Waals surface area contributed by atoms with Gasteiger partial charge in [0, 0.05) is 25.5 Å². The SMILES string of the molecule is CCNc1nccc(N(C)c2ccc(OC)cc2)n1. The van der Waals surface area contributed by atoms with E-state index in [-0.39, 0.29) is 0 Å². The van der Waals surface area contributed by atoms with Gasteiger partial charge in [0.05, 0.1) is 7.11 Å². The van der Waals surface area contributed by atoms with Gasteiger partial charge in [-0.05, 0) is 37.3 Å². The van der Waals surface area contributed by atoms with Crippen molar-refractivity contribution >= 4 is 17.5 Å². The van der Waals surface area contributed by atoms with E-state index < -0.39 is 0 Å². The smallest absolute Gasteiger partial charge is 0.224 e. The van der Waals surface area contributed by atoms with E-state index in [1.165, 1.54) is 0 Å². The molecule has 19 heavy (non-hydrogen) atoms. The number of nitrogens with one attached hydrogen (secondary N) is 1. The highest BCUT2D eigenvalue weighted by molar-refractivity contribution is 5.60. The summed E-state index contributed by atoms with van der Waals surface area (Å²) < 4.78 is 5.15. The zero-order chi connectivity index (χ0) is 13.7. The molecule has 5 heteroatoms. The Bertz CT molecular complexity index is 527. The van der Waals surface area contributed by atoms with E-state index in [1.807, 2.05) is 49.2 Å². The van der Waals surface area contributed by atoms with E-state index in [0.29, 0.717) is 5.95 Å². The predicted molar refractivity (Wildman–Crippen MR) is 77.3 cm³/mol. The minimum atomic E-state index is 0.639. The Labute approximate surface area is 113 Å². The molecule has 5 nitrogen and oxygen atoms in total. The molecule has 2 rings (SSSR count). The fourth-order valence-electron chi connectivity index (χ4n) is 1.72. The van der Waals surface area contributed by atoms with E-state index >= 15 is 0 Å². The van der Waals surface area contributed by atoms with E-state index in [4.69, 9.17) is 4.74 Å². The molecule has 0 fully saturated rings. The van der Waals surface area contributed by atoms with Crippen molar-refractivity contribution < 1.29 is 4.74 Å². The minimum Gasteiger partial charge on any atom is -0.497 e. The summed E-state index contributed by atoms with van der Waals surface area (Å²) >= 11 is 0. The normalized spacial score (nSPS) is 10.1. The molecule has 1 aromatic heterocycles. The molecule has 0 bridgehead atoms. The fraction of sp³-hybridized carbons (Fsp3) is 0.286. The summed E-state index contributed by atoms with van der Waals surface area (Å²) in [6, 6.07) is 9.73. The summed E-state index contributed by atoms with van der Waals surface area (Å²) in [5.41, 5.74) is 1.04. The van der Waals surface area contributed by atoms with Gasteiger partial charge in [-0.15, -0.1) is 0 Å². The van der Waals surface area contributed by atoms with Crippen LogP contribution in [-0.2, 0) is 0 Å². The van der Waals surface area contributed by atoms with Crippen molar-refractivity contribution in [3.63, 3.8) is 0 Å².